The second kappa shape index (κ2) is 4.91. The summed E-state index contributed by atoms with van der Waals surface area (Å²) < 4.78 is 7.80. The third-order valence-electron chi connectivity index (χ3n) is 3.75. The molecule has 108 valence electrons. The van der Waals surface area contributed by atoms with E-state index in [2.05, 4.69) is 57.7 Å². The van der Waals surface area contributed by atoms with Crippen LogP contribution in [0.4, 0.5) is 0 Å². The normalized spacial score (nSPS) is 24.6. The predicted molar refractivity (Wildman–Crippen MR) is 77.1 cm³/mol. The SMILES string of the molecule is C[C@H]1CN(Cc2cnn(C(C)(C)C)c2)C(C)(C)CO1. The highest BCUT2D eigenvalue weighted by atomic mass is 16.5. The van der Waals surface area contributed by atoms with Gasteiger partial charge in [0.05, 0.1) is 24.4 Å². The molecule has 2 heterocycles. The number of nitrogens with zero attached hydrogens (tertiary/aromatic N) is 3. The Morgan fingerprint density at radius 3 is 2.68 bits per heavy atom. The number of rotatable bonds is 2. The Morgan fingerprint density at radius 1 is 1.42 bits per heavy atom. The molecule has 19 heavy (non-hydrogen) atoms. The average molecular weight is 265 g/mol. The number of morpholine rings is 1. The van der Waals surface area contributed by atoms with Crippen molar-refractivity contribution in [3.05, 3.63) is 18.0 Å². The first-order valence-corrected chi connectivity index (χ1v) is 7.09. The van der Waals surface area contributed by atoms with Crippen LogP contribution in [0, 0.1) is 0 Å². The lowest BCUT2D eigenvalue weighted by Gasteiger charge is -2.44. The number of ether oxygens (including phenoxy) is 1. The Labute approximate surface area is 116 Å². The molecule has 0 bridgehead atoms. The predicted octanol–water partition coefficient (Wildman–Crippen LogP) is 2.64. The third-order valence-corrected chi connectivity index (χ3v) is 3.75. The molecule has 4 nitrogen and oxygen atoms in total. The Bertz CT molecular complexity index is 431. The summed E-state index contributed by atoms with van der Waals surface area (Å²) >= 11 is 0. The molecule has 1 aliphatic heterocycles. The standard InChI is InChI=1S/C15H27N3O/c1-12-8-17(15(5,6)11-19-12)9-13-7-16-18(10-13)14(2,3)4/h7,10,12H,8-9,11H2,1-6H3/t12-/m0/s1. The third kappa shape index (κ3) is 3.37. The van der Waals surface area contributed by atoms with Gasteiger partial charge in [0.1, 0.15) is 0 Å². The van der Waals surface area contributed by atoms with Gasteiger partial charge in [-0.1, -0.05) is 0 Å². The van der Waals surface area contributed by atoms with Gasteiger partial charge in [-0.25, -0.2) is 0 Å². The van der Waals surface area contributed by atoms with Crippen molar-refractivity contribution in [2.45, 2.75) is 65.3 Å². The molecule has 0 saturated carbocycles. The number of hydrogen-bond acceptors (Lipinski definition) is 3. The highest BCUT2D eigenvalue weighted by Crippen LogP contribution is 2.24. The van der Waals surface area contributed by atoms with Gasteiger partial charge in [-0.2, -0.15) is 5.10 Å². The highest BCUT2D eigenvalue weighted by Gasteiger charge is 2.33. The molecule has 1 aromatic rings. The van der Waals surface area contributed by atoms with Crippen molar-refractivity contribution in [1.29, 1.82) is 0 Å². The van der Waals surface area contributed by atoms with Crippen LogP contribution in [-0.2, 0) is 16.8 Å². The molecule has 0 aromatic carbocycles. The van der Waals surface area contributed by atoms with Crippen LogP contribution in [0.5, 0.6) is 0 Å². The van der Waals surface area contributed by atoms with Crippen molar-refractivity contribution in [2.75, 3.05) is 13.2 Å². The van der Waals surface area contributed by atoms with E-state index in [4.69, 9.17) is 4.74 Å². The summed E-state index contributed by atoms with van der Waals surface area (Å²) in [5.74, 6) is 0. The van der Waals surface area contributed by atoms with Crippen LogP contribution in [0.25, 0.3) is 0 Å². The van der Waals surface area contributed by atoms with Crippen molar-refractivity contribution in [3.63, 3.8) is 0 Å². The molecule has 0 aliphatic carbocycles. The first-order valence-electron chi connectivity index (χ1n) is 7.09. The fraction of sp³-hybridized carbons (Fsp3) is 0.800. The molecule has 0 amide bonds. The van der Waals surface area contributed by atoms with Crippen LogP contribution in [0.3, 0.4) is 0 Å². The molecular weight excluding hydrogens is 238 g/mol. The van der Waals surface area contributed by atoms with E-state index in [-0.39, 0.29) is 11.1 Å². The summed E-state index contributed by atoms with van der Waals surface area (Å²) in [5.41, 5.74) is 1.42. The van der Waals surface area contributed by atoms with Crippen LogP contribution >= 0.6 is 0 Å². The van der Waals surface area contributed by atoms with Gasteiger partial charge in [-0.15, -0.1) is 0 Å². The molecule has 1 aromatic heterocycles. The Kier molecular flexibility index (Phi) is 3.76. The second-order valence-corrected chi connectivity index (χ2v) is 7.28. The van der Waals surface area contributed by atoms with Crippen molar-refractivity contribution in [1.82, 2.24) is 14.7 Å². The monoisotopic (exact) mass is 265 g/mol. The van der Waals surface area contributed by atoms with Crippen LogP contribution < -0.4 is 0 Å². The number of aromatic nitrogens is 2. The lowest BCUT2D eigenvalue weighted by atomic mass is 10.0. The van der Waals surface area contributed by atoms with Crippen LogP contribution in [0.2, 0.25) is 0 Å². The van der Waals surface area contributed by atoms with E-state index in [0.29, 0.717) is 6.10 Å². The van der Waals surface area contributed by atoms with Crippen molar-refractivity contribution < 1.29 is 4.74 Å². The lowest BCUT2D eigenvalue weighted by Crippen LogP contribution is -2.54. The van der Waals surface area contributed by atoms with Gasteiger partial charge in [0.2, 0.25) is 0 Å². The van der Waals surface area contributed by atoms with E-state index in [1.54, 1.807) is 0 Å². The first kappa shape index (κ1) is 14.5. The van der Waals surface area contributed by atoms with Gasteiger partial charge in [-0.3, -0.25) is 9.58 Å². The van der Waals surface area contributed by atoms with Gasteiger partial charge >= 0.3 is 0 Å². The average Bonchev–Trinajstić information content (AvgIpc) is 2.72. The zero-order valence-electron chi connectivity index (χ0n) is 13.1. The Balaban J connectivity index is 2.09. The van der Waals surface area contributed by atoms with Crippen LogP contribution in [-0.4, -0.2) is 39.5 Å². The van der Waals surface area contributed by atoms with E-state index in [1.165, 1.54) is 5.56 Å². The van der Waals surface area contributed by atoms with Gasteiger partial charge < -0.3 is 4.74 Å². The minimum absolute atomic E-state index is 0.0477. The van der Waals surface area contributed by atoms with Crippen LogP contribution in [0.15, 0.2) is 12.4 Å². The molecule has 0 N–H and O–H groups in total. The largest absolute Gasteiger partial charge is 0.375 e. The zero-order chi connectivity index (χ0) is 14.3. The maximum absolute atomic E-state index is 5.76. The quantitative estimate of drug-likeness (QED) is 0.823. The van der Waals surface area contributed by atoms with Crippen LogP contribution in [0.1, 0.15) is 47.1 Å². The molecule has 0 radical (unpaired) electrons. The second-order valence-electron chi connectivity index (χ2n) is 7.28. The summed E-state index contributed by atoms with van der Waals surface area (Å²) in [7, 11) is 0. The van der Waals surface area contributed by atoms with Gasteiger partial charge in [0, 0.05) is 30.4 Å². The van der Waals surface area contributed by atoms with Crippen molar-refractivity contribution in [3.8, 4) is 0 Å². The summed E-state index contributed by atoms with van der Waals surface area (Å²) in [6, 6.07) is 0. The smallest absolute Gasteiger partial charge is 0.0675 e. The molecule has 0 spiro atoms. The fourth-order valence-electron chi connectivity index (χ4n) is 2.36. The zero-order valence-corrected chi connectivity index (χ0v) is 13.1. The summed E-state index contributed by atoms with van der Waals surface area (Å²) in [4.78, 5) is 2.49. The van der Waals surface area contributed by atoms with Crippen molar-refractivity contribution >= 4 is 0 Å². The molecule has 1 fully saturated rings. The summed E-state index contributed by atoms with van der Waals surface area (Å²) in [5, 5.41) is 4.48. The van der Waals surface area contributed by atoms with E-state index < -0.39 is 0 Å². The molecule has 1 aliphatic rings. The van der Waals surface area contributed by atoms with E-state index in [0.717, 1.165) is 19.7 Å². The van der Waals surface area contributed by atoms with Gasteiger partial charge in [0.15, 0.2) is 0 Å². The maximum atomic E-state index is 5.76. The summed E-state index contributed by atoms with van der Waals surface area (Å²) in [6.45, 7) is 15.9. The van der Waals surface area contributed by atoms with E-state index >= 15 is 0 Å². The van der Waals surface area contributed by atoms with Crippen molar-refractivity contribution in [2.24, 2.45) is 0 Å². The Hall–Kier alpha value is -0.870. The van der Waals surface area contributed by atoms with Gasteiger partial charge in [-0.05, 0) is 41.5 Å². The first-order chi connectivity index (χ1) is 8.68. The van der Waals surface area contributed by atoms with E-state index in [9.17, 15) is 0 Å². The molecule has 1 atom stereocenters. The molecule has 4 heteroatoms. The fourth-order valence-corrected chi connectivity index (χ4v) is 2.36. The van der Waals surface area contributed by atoms with E-state index in [1.807, 2.05) is 10.9 Å². The topological polar surface area (TPSA) is 30.3 Å². The highest BCUT2D eigenvalue weighted by molar-refractivity contribution is 5.07. The molecule has 2 rings (SSSR count). The molecular formula is C15H27N3O. The minimum atomic E-state index is 0.0477. The summed E-state index contributed by atoms with van der Waals surface area (Å²) in [6.07, 6.45) is 4.46. The number of hydrogen-bond donors (Lipinski definition) is 0. The molecule has 0 unspecified atom stereocenters. The molecule has 1 saturated heterocycles. The van der Waals surface area contributed by atoms with Gasteiger partial charge in [0.25, 0.3) is 0 Å². The lowest BCUT2D eigenvalue weighted by molar-refractivity contribution is -0.0949. The minimum Gasteiger partial charge on any atom is -0.375 e. The Morgan fingerprint density at radius 2 is 2.11 bits per heavy atom. The maximum Gasteiger partial charge on any atom is 0.0675 e.